The van der Waals surface area contributed by atoms with Gasteiger partial charge in [0.05, 0.1) is 11.9 Å². The molecule has 0 saturated carbocycles. The number of sulfonamides is 1. The van der Waals surface area contributed by atoms with Crippen LogP contribution in [0.1, 0.15) is 32.8 Å². The average molecular weight is 530 g/mol. The smallest absolute Gasteiger partial charge is 0.244 e. The molecule has 0 saturated heterocycles. The van der Waals surface area contributed by atoms with Crippen LogP contribution in [0.4, 0.5) is 14.5 Å². The fourth-order valence-electron chi connectivity index (χ4n) is 3.41. The summed E-state index contributed by atoms with van der Waals surface area (Å²) in [4.78, 5) is 27.7. The Morgan fingerprint density at radius 1 is 1.09 bits per heavy atom. The molecule has 0 fully saturated rings. The fraction of sp³-hybridized carbons (Fsp3) is 0.417. The zero-order chi connectivity index (χ0) is 26.3. The molecule has 0 heterocycles. The standard InChI is InChI=1S/C24H30ClF2N3O4S/c1-5-22(24(32)28-13-16(2)3)29(14-17-8-6-7-9-19(17)25)23(31)15-30(35(4,33)34)18-10-11-20(26)21(27)12-18/h6-12,16,22H,5,13-15H2,1-4H3,(H,28,32)/t22-/m0/s1. The second kappa shape index (κ2) is 12.3. The molecular formula is C24H30ClF2N3O4S. The highest BCUT2D eigenvalue weighted by molar-refractivity contribution is 7.92. The van der Waals surface area contributed by atoms with E-state index < -0.39 is 40.2 Å². The number of nitrogens with one attached hydrogen (secondary N) is 1. The van der Waals surface area contributed by atoms with Crippen molar-refractivity contribution in [2.45, 2.75) is 39.8 Å². The zero-order valence-corrected chi connectivity index (χ0v) is 21.7. The molecule has 0 unspecified atom stereocenters. The van der Waals surface area contributed by atoms with Crippen molar-refractivity contribution in [3.8, 4) is 0 Å². The highest BCUT2D eigenvalue weighted by atomic mass is 35.5. The number of halogens is 3. The summed E-state index contributed by atoms with van der Waals surface area (Å²) in [7, 11) is -4.06. The molecule has 35 heavy (non-hydrogen) atoms. The van der Waals surface area contributed by atoms with Crippen LogP contribution < -0.4 is 9.62 Å². The van der Waals surface area contributed by atoms with Gasteiger partial charge in [0.15, 0.2) is 11.6 Å². The first-order valence-corrected chi connectivity index (χ1v) is 13.3. The minimum absolute atomic E-state index is 0.0541. The van der Waals surface area contributed by atoms with E-state index >= 15 is 0 Å². The molecule has 1 atom stereocenters. The molecule has 0 aliphatic rings. The molecule has 0 aliphatic heterocycles. The third-order valence-electron chi connectivity index (χ3n) is 5.24. The number of nitrogens with zero attached hydrogens (tertiary/aromatic N) is 2. The molecule has 0 radical (unpaired) electrons. The average Bonchev–Trinajstić information content (AvgIpc) is 2.78. The summed E-state index contributed by atoms with van der Waals surface area (Å²) in [6.07, 6.45) is 1.11. The van der Waals surface area contributed by atoms with Crippen LogP contribution >= 0.6 is 11.6 Å². The summed E-state index contributed by atoms with van der Waals surface area (Å²) < 4.78 is 52.9. The van der Waals surface area contributed by atoms with Crippen LogP contribution in [0.5, 0.6) is 0 Å². The van der Waals surface area contributed by atoms with Crippen molar-refractivity contribution in [3.05, 3.63) is 64.7 Å². The van der Waals surface area contributed by atoms with Gasteiger partial charge in [-0.2, -0.15) is 0 Å². The number of carbonyl (C=O) groups is 2. The number of hydrogen-bond acceptors (Lipinski definition) is 4. The van der Waals surface area contributed by atoms with Crippen LogP contribution in [0.2, 0.25) is 5.02 Å². The number of anilines is 1. The summed E-state index contributed by atoms with van der Waals surface area (Å²) in [6, 6.07) is 8.43. The summed E-state index contributed by atoms with van der Waals surface area (Å²) in [5.74, 6) is -3.32. The van der Waals surface area contributed by atoms with Crippen LogP contribution in [0.3, 0.4) is 0 Å². The van der Waals surface area contributed by atoms with Gasteiger partial charge in [-0.25, -0.2) is 17.2 Å². The van der Waals surface area contributed by atoms with E-state index in [-0.39, 0.29) is 30.5 Å². The molecule has 0 aliphatic carbocycles. The molecule has 1 N–H and O–H groups in total. The predicted octanol–water partition coefficient (Wildman–Crippen LogP) is 3.96. The summed E-state index contributed by atoms with van der Waals surface area (Å²) in [5.41, 5.74) is 0.353. The van der Waals surface area contributed by atoms with Gasteiger partial charge in [0.25, 0.3) is 0 Å². The minimum Gasteiger partial charge on any atom is -0.354 e. The van der Waals surface area contributed by atoms with Gasteiger partial charge >= 0.3 is 0 Å². The highest BCUT2D eigenvalue weighted by Crippen LogP contribution is 2.23. The fourth-order valence-corrected chi connectivity index (χ4v) is 4.44. The first kappa shape index (κ1) is 28.5. The maximum Gasteiger partial charge on any atom is 0.244 e. The van der Waals surface area contributed by atoms with Crippen molar-refractivity contribution >= 4 is 39.1 Å². The Labute approximate surface area is 210 Å². The van der Waals surface area contributed by atoms with Crippen molar-refractivity contribution in [1.29, 1.82) is 0 Å². The first-order valence-electron chi connectivity index (χ1n) is 11.1. The molecule has 2 rings (SSSR count). The predicted molar refractivity (Wildman–Crippen MR) is 132 cm³/mol. The van der Waals surface area contributed by atoms with Gasteiger partial charge in [0.2, 0.25) is 21.8 Å². The largest absolute Gasteiger partial charge is 0.354 e. The Bertz CT molecular complexity index is 1160. The van der Waals surface area contributed by atoms with E-state index in [1.807, 2.05) is 13.8 Å². The van der Waals surface area contributed by atoms with Crippen LogP contribution in [0.25, 0.3) is 0 Å². The van der Waals surface area contributed by atoms with E-state index in [4.69, 9.17) is 11.6 Å². The Hall–Kier alpha value is -2.72. The lowest BCUT2D eigenvalue weighted by molar-refractivity contribution is -0.140. The summed E-state index contributed by atoms with van der Waals surface area (Å²) >= 11 is 6.29. The molecule has 11 heteroatoms. The third kappa shape index (κ3) is 7.90. The highest BCUT2D eigenvalue weighted by Gasteiger charge is 2.32. The van der Waals surface area contributed by atoms with Crippen molar-refractivity contribution in [2.75, 3.05) is 23.7 Å². The first-order chi connectivity index (χ1) is 16.3. The van der Waals surface area contributed by atoms with Crippen LogP contribution in [-0.2, 0) is 26.2 Å². The van der Waals surface area contributed by atoms with E-state index in [0.717, 1.165) is 18.4 Å². The molecule has 0 bridgehead atoms. The van der Waals surface area contributed by atoms with E-state index in [1.54, 1.807) is 31.2 Å². The van der Waals surface area contributed by atoms with E-state index in [2.05, 4.69) is 5.32 Å². The van der Waals surface area contributed by atoms with E-state index in [1.165, 1.54) is 4.90 Å². The van der Waals surface area contributed by atoms with Gasteiger partial charge in [-0.1, -0.05) is 50.6 Å². The Morgan fingerprint density at radius 2 is 1.74 bits per heavy atom. The lowest BCUT2D eigenvalue weighted by Crippen LogP contribution is -2.52. The lowest BCUT2D eigenvalue weighted by atomic mass is 10.1. The Kier molecular flexibility index (Phi) is 10.0. The van der Waals surface area contributed by atoms with Crippen molar-refractivity contribution in [2.24, 2.45) is 5.92 Å². The van der Waals surface area contributed by atoms with Gasteiger partial charge in [-0.15, -0.1) is 0 Å². The number of benzene rings is 2. The van der Waals surface area contributed by atoms with Crippen molar-refractivity contribution in [1.82, 2.24) is 10.2 Å². The van der Waals surface area contributed by atoms with Crippen LogP contribution in [0, 0.1) is 17.6 Å². The molecule has 7 nitrogen and oxygen atoms in total. The van der Waals surface area contributed by atoms with Gasteiger partial charge < -0.3 is 10.2 Å². The maximum absolute atomic E-state index is 13.8. The van der Waals surface area contributed by atoms with Crippen LogP contribution in [-0.4, -0.2) is 50.5 Å². The number of carbonyl (C=O) groups excluding carboxylic acids is 2. The second-order valence-electron chi connectivity index (χ2n) is 8.54. The van der Waals surface area contributed by atoms with E-state index in [9.17, 15) is 26.8 Å². The van der Waals surface area contributed by atoms with Gasteiger partial charge in [0, 0.05) is 24.2 Å². The van der Waals surface area contributed by atoms with Crippen molar-refractivity contribution in [3.63, 3.8) is 0 Å². The number of rotatable bonds is 11. The molecule has 192 valence electrons. The SMILES string of the molecule is CC[C@@H](C(=O)NCC(C)C)N(Cc1ccccc1Cl)C(=O)CN(c1ccc(F)c(F)c1)S(C)(=O)=O. The quantitative estimate of drug-likeness (QED) is 0.477. The molecular weight excluding hydrogens is 500 g/mol. The van der Waals surface area contributed by atoms with Gasteiger partial charge in [-0.3, -0.25) is 13.9 Å². The number of amides is 2. The monoisotopic (exact) mass is 529 g/mol. The van der Waals surface area contributed by atoms with E-state index in [0.29, 0.717) is 27.5 Å². The van der Waals surface area contributed by atoms with Gasteiger partial charge in [0.1, 0.15) is 12.6 Å². The minimum atomic E-state index is -4.06. The third-order valence-corrected chi connectivity index (χ3v) is 6.75. The Balaban J connectivity index is 2.45. The molecule has 2 aromatic carbocycles. The molecule has 0 spiro atoms. The normalized spacial score (nSPS) is 12.3. The van der Waals surface area contributed by atoms with Crippen LogP contribution in [0.15, 0.2) is 42.5 Å². The molecule has 0 aromatic heterocycles. The zero-order valence-electron chi connectivity index (χ0n) is 20.1. The molecule has 2 aromatic rings. The topological polar surface area (TPSA) is 86.8 Å². The lowest BCUT2D eigenvalue weighted by Gasteiger charge is -2.33. The maximum atomic E-state index is 13.8. The summed E-state index contributed by atoms with van der Waals surface area (Å²) in [5, 5.41) is 3.19. The number of hydrogen-bond donors (Lipinski definition) is 1. The second-order valence-corrected chi connectivity index (χ2v) is 10.9. The van der Waals surface area contributed by atoms with Gasteiger partial charge in [-0.05, 0) is 36.1 Å². The molecule has 2 amide bonds. The Morgan fingerprint density at radius 3 is 2.29 bits per heavy atom. The van der Waals surface area contributed by atoms with Crippen molar-refractivity contribution < 1.29 is 26.8 Å². The summed E-state index contributed by atoms with van der Waals surface area (Å²) in [6.45, 7) is 5.22.